The molecule has 1 saturated heterocycles. The van der Waals surface area contributed by atoms with Gasteiger partial charge in [-0.2, -0.15) is 5.26 Å². The molecule has 1 saturated carbocycles. The number of halogens is 2. The molecule has 2 fully saturated rings. The van der Waals surface area contributed by atoms with Crippen LogP contribution in [0.15, 0.2) is 42.7 Å². The lowest BCUT2D eigenvalue weighted by atomic mass is 9.48. The van der Waals surface area contributed by atoms with Gasteiger partial charge in [0, 0.05) is 36.6 Å². The largest absolute Gasteiger partial charge is 0.370 e. The summed E-state index contributed by atoms with van der Waals surface area (Å²) in [6.45, 7) is 1.82. The first-order chi connectivity index (χ1) is 11.5. The number of aromatic nitrogens is 1. The third kappa shape index (κ3) is 2.53. The fourth-order valence-electron chi connectivity index (χ4n) is 4.37. The second-order valence-corrected chi connectivity index (χ2v) is 7.65. The van der Waals surface area contributed by atoms with Crippen molar-refractivity contribution in [3.63, 3.8) is 0 Å². The van der Waals surface area contributed by atoms with Gasteiger partial charge in [0.2, 0.25) is 0 Å². The van der Waals surface area contributed by atoms with Crippen LogP contribution in [0.4, 0.5) is 10.1 Å². The van der Waals surface area contributed by atoms with E-state index in [0.717, 1.165) is 43.6 Å². The highest BCUT2D eigenvalue weighted by molar-refractivity contribution is 6.31. The molecular weight excluding hydrogens is 325 g/mol. The zero-order valence-electron chi connectivity index (χ0n) is 13.2. The Labute approximate surface area is 145 Å². The summed E-state index contributed by atoms with van der Waals surface area (Å²) < 4.78 is 13.3. The van der Waals surface area contributed by atoms with E-state index in [4.69, 9.17) is 11.6 Å². The summed E-state index contributed by atoms with van der Waals surface area (Å²) in [6, 6.07) is 11.3. The highest BCUT2D eigenvalue weighted by atomic mass is 35.5. The predicted octanol–water partition coefficient (Wildman–Crippen LogP) is 4.23. The highest BCUT2D eigenvalue weighted by Gasteiger charge is 2.60. The Kier molecular flexibility index (Phi) is 3.51. The average Bonchev–Trinajstić information content (AvgIpc) is 2.52. The molecule has 4 rings (SSSR count). The first-order valence-electron chi connectivity index (χ1n) is 8.03. The molecule has 0 unspecified atom stereocenters. The van der Waals surface area contributed by atoms with E-state index in [1.165, 1.54) is 6.07 Å². The summed E-state index contributed by atoms with van der Waals surface area (Å²) in [5.41, 5.74) is 2.03. The number of hydrogen-bond donors (Lipinski definition) is 0. The molecule has 0 atom stereocenters. The molecule has 0 radical (unpaired) electrons. The molecule has 0 N–H and O–H groups in total. The second-order valence-electron chi connectivity index (χ2n) is 7.24. The SMILES string of the molecule is N#CC1(Cc2cccnc2)CC2(CN(c3ccc(F)c(Cl)c3)C2)C1. The molecule has 1 aromatic carbocycles. The van der Waals surface area contributed by atoms with Crippen LogP contribution in [0.5, 0.6) is 0 Å². The summed E-state index contributed by atoms with van der Waals surface area (Å²) >= 11 is 5.87. The van der Waals surface area contributed by atoms with Gasteiger partial charge in [-0.25, -0.2) is 4.39 Å². The van der Waals surface area contributed by atoms with Crippen molar-refractivity contribution in [1.29, 1.82) is 5.26 Å². The molecule has 1 aliphatic heterocycles. The van der Waals surface area contributed by atoms with E-state index < -0.39 is 0 Å². The minimum Gasteiger partial charge on any atom is -0.370 e. The van der Waals surface area contributed by atoms with Gasteiger partial charge in [0.05, 0.1) is 16.5 Å². The van der Waals surface area contributed by atoms with Gasteiger partial charge in [0.15, 0.2) is 0 Å². The van der Waals surface area contributed by atoms with Crippen molar-refractivity contribution in [3.05, 3.63) is 59.1 Å². The Hall–Kier alpha value is -2.12. The van der Waals surface area contributed by atoms with Gasteiger partial charge in [-0.3, -0.25) is 4.98 Å². The van der Waals surface area contributed by atoms with Crippen LogP contribution < -0.4 is 4.90 Å². The van der Waals surface area contributed by atoms with Crippen LogP contribution in [0.2, 0.25) is 5.02 Å². The first-order valence-corrected chi connectivity index (χ1v) is 8.41. The van der Waals surface area contributed by atoms with Gasteiger partial charge in [-0.05, 0) is 49.1 Å². The standard InChI is InChI=1S/C19H17ClFN3/c20-16-6-15(3-4-17(16)21)24-12-19(13-24)9-18(10-19,11-22)7-14-2-1-5-23-8-14/h1-6,8H,7,9-10,12-13H2. The van der Waals surface area contributed by atoms with Crippen LogP contribution in [-0.2, 0) is 6.42 Å². The molecule has 24 heavy (non-hydrogen) atoms. The third-order valence-electron chi connectivity index (χ3n) is 5.25. The molecule has 2 aromatic rings. The van der Waals surface area contributed by atoms with Crippen LogP contribution >= 0.6 is 11.6 Å². The quantitative estimate of drug-likeness (QED) is 0.838. The first kappa shape index (κ1) is 15.4. The molecule has 5 heteroatoms. The Morgan fingerprint density at radius 3 is 2.71 bits per heavy atom. The lowest BCUT2D eigenvalue weighted by Crippen LogP contribution is -2.66. The zero-order chi connectivity index (χ0) is 16.8. The van der Waals surface area contributed by atoms with E-state index in [1.807, 2.05) is 18.3 Å². The molecule has 1 spiro atoms. The summed E-state index contributed by atoms with van der Waals surface area (Å²) in [6.07, 6.45) is 6.19. The fourth-order valence-corrected chi connectivity index (χ4v) is 4.55. The van der Waals surface area contributed by atoms with Gasteiger partial charge in [-0.1, -0.05) is 17.7 Å². The number of nitrogens with zero attached hydrogens (tertiary/aromatic N) is 3. The number of hydrogen-bond acceptors (Lipinski definition) is 3. The van der Waals surface area contributed by atoms with Crippen LogP contribution in [0, 0.1) is 28.0 Å². The topological polar surface area (TPSA) is 39.9 Å². The lowest BCUT2D eigenvalue weighted by Gasteiger charge is -2.63. The van der Waals surface area contributed by atoms with Gasteiger partial charge in [0.1, 0.15) is 5.82 Å². The van der Waals surface area contributed by atoms with E-state index in [1.54, 1.807) is 18.3 Å². The second kappa shape index (κ2) is 5.46. The van der Waals surface area contributed by atoms with Crippen molar-refractivity contribution in [2.45, 2.75) is 19.3 Å². The van der Waals surface area contributed by atoms with Crippen molar-refractivity contribution in [3.8, 4) is 6.07 Å². The minimum absolute atomic E-state index is 0.157. The van der Waals surface area contributed by atoms with E-state index >= 15 is 0 Å². The summed E-state index contributed by atoms with van der Waals surface area (Å²) in [5, 5.41) is 9.81. The molecular formula is C19H17ClFN3. The maximum atomic E-state index is 13.3. The van der Waals surface area contributed by atoms with Crippen molar-refractivity contribution in [1.82, 2.24) is 4.98 Å². The fraction of sp³-hybridized carbons (Fsp3) is 0.368. The maximum absolute atomic E-state index is 13.3. The van der Waals surface area contributed by atoms with E-state index in [-0.39, 0.29) is 21.7 Å². The van der Waals surface area contributed by atoms with Gasteiger partial charge in [-0.15, -0.1) is 0 Å². The third-order valence-corrected chi connectivity index (χ3v) is 5.54. The van der Waals surface area contributed by atoms with Gasteiger partial charge < -0.3 is 4.90 Å². The van der Waals surface area contributed by atoms with Crippen LogP contribution in [-0.4, -0.2) is 18.1 Å². The maximum Gasteiger partial charge on any atom is 0.141 e. The van der Waals surface area contributed by atoms with Crippen molar-refractivity contribution >= 4 is 17.3 Å². The molecule has 3 nitrogen and oxygen atoms in total. The Balaban J connectivity index is 1.40. The number of anilines is 1. The predicted molar refractivity (Wildman–Crippen MR) is 91.3 cm³/mol. The molecule has 0 bridgehead atoms. The van der Waals surface area contributed by atoms with Crippen molar-refractivity contribution < 1.29 is 4.39 Å². The Bertz CT molecular complexity index is 801. The molecule has 2 heterocycles. The Morgan fingerprint density at radius 1 is 1.29 bits per heavy atom. The monoisotopic (exact) mass is 341 g/mol. The molecule has 122 valence electrons. The smallest absolute Gasteiger partial charge is 0.141 e. The number of benzene rings is 1. The van der Waals surface area contributed by atoms with Crippen molar-refractivity contribution in [2.75, 3.05) is 18.0 Å². The summed E-state index contributed by atoms with van der Waals surface area (Å²) in [4.78, 5) is 6.34. The van der Waals surface area contributed by atoms with Gasteiger partial charge in [0.25, 0.3) is 0 Å². The summed E-state index contributed by atoms with van der Waals surface area (Å²) in [5.74, 6) is -0.390. The van der Waals surface area contributed by atoms with Crippen LogP contribution in [0.1, 0.15) is 18.4 Å². The summed E-state index contributed by atoms with van der Waals surface area (Å²) in [7, 11) is 0. The molecule has 1 aliphatic carbocycles. The van der Waals surface area contributed by atoms with Gasteiger partial charge >= 0.3 is 0 Å². The lowest BCUT2D eigenvalue weighted by molar-refractivity contribution is -0.0226. The molecule has 0 amide bonds. The number of rotatable bonds is 3. The van der Waals surface area contributed by atoms with Crippen LogP contribution in [0.25, 0.3) is 0 Å². The van der Waals surface area contributed by atoms with E-state index in [0.29, 0.717) is 0 Å². The van der Waals surface area contributed by atoms with E-state index in [2.05, 4.69) is 16.0 Å². The van der Waals surface area contributed by atoms with Crippen LogP contribution in [0.3, 0.4) is 0 Å². The normalized spacial score (nSPS) is 20.1. The van der Waals surface area contributed by atoms with Crippen molar-refractivity contribution in [2.24, 2.45) is 10.8 Å². The zero-order valence-corrected chi connectivity index (χ0v) is 13.9. The molecule has 2 aliphatic rings. The van der Waals surface area contributed by atoms with E-state index in [9.17, 15) is 9.65 Å². The highest BCUT2D eigenvalue weighted by Crippen LogP contribution is 2.60. The number of nitriles is 1. The Morgan fingerprint density at radius 2 is 2.08 bits per heavy atom. The minimum atomic E-state index is -0.390. The average molecular weight is 342 g/mol. The molecule has 1 aromatic heterocycles. The number of pyridine rings is 1.